The van der Waals surface area contributed by atoms with Gasteiger partial charge in [0.2, 0.25) is 5.91 Å². The van der Waals surface area contributed by atoms with Crippen molar-refractivity contribution in [2.75, 3.05) is 13.1 Å². The van der Waals surface area contributed by atoms with Crippen molar-refractivity contribution in [1.82, 2.24) is 10.6 Å². The highest BCUT2D eigenvalue weighted by Crippen LogP contribution is 2.28. The molecule has 25 heavy (non-hydrogen) atoms. The molecule has 6 nitrogen and oxygen atoms in total. The fourth-order valence-corrected chi connectivity index (χ4v) is 2.94. The van der Waals surface area contributed by atoms with E-state index in [1.165, 1.54) is 6.07 Å². The Balaban J connectivity index is 1.68. The molecule has 1 aromatic carbocycles. The number of rotatable bonds is 6. The maximum absolute atomic E-state index is 13.4. The first kappa shape index (κ1) is 18.9. The molecular weight excluding hydrogens is 327 g/mol. The van der Waals surface area contributed by atoms with E-state index < -0.39 is 17.7 Å². The van der Waals surface area contributed by atoms with Gasteiger partial charge in [0.25, 0.3) is 5.91 Å². The maximum atomic E-state index is 13.4. The SMILES string of the molecule is Cc1ccc(C(=O)NCCNC(=O)C2CCC(C(=O)O)CC2)cc1F. The van der Waals surface area contributed by atoms with E-state index in [9.17, 15) is 18.8 Å². The van der Waals surface area contributed by atoms with Gasteiger partial charge in [-0.25, -0.2) is 4.39 Å². The van der Waals surface area contributed by atoms with Crippen LogP contribution in [-0.2, 0) is 9.59 Å². The van der Waals surface area contributed by atoms with Gasteiger partial charge in [0.1, 0.15) is 5.82 Å². The number of halogens is 1. The Morgan fingerprint density at radius 1 is 1.08 bits per heavy atom. The van der Waals surface area contributed by atoms with Gasteiger partial charge in [-0.05, 0) is 50.3 Å². The molecule has 0 aromatic heterocycles. The van der Waals surface area contributed by atoms with E-state index in [4.69, 9.17) is 5.11 Å². The molecule has 2 amide bonds. The fraction of sp³-hybridized carbons (Fsp3) is 0.500. The van der Waals surface area contributed by atoms with Gasteiger partial charge in [0, 0.05) is 24.6 Å². The molecule has 0 unspecified atom stereocenters. The number of benzene rings is 1. The van der Waals surface area contributed by atoms with E-state index >= 15 is 0 Å². The maximum Gasteiger partial charge on any atom is 0.306 e. The van der Waals surface area contributed by atoms with Crippen LogP contribution in [0.2, 0.25) is 0 Å². The van der Waals surface area contributed by atoms with E-state index in [1.807, 2.05) is 0 Å². The van der Waals surface area contributed by atoms with Crippen molar-refractivity contribution in [2.45, 2.75) is 32.6 Å². The Morgan fingerprint density at radius 3 is 2.28 bits per heavy atom. The molecule has 1 aliphatic rings. The lowest BCUT2D eigenvalue weighted by molar-refractivity contribution is -0.144. The Bertz CT molecular complexity index is 654. The van der Waals surface area contributed by atoms with Gasteiger partial charge in [0.15, 0.2) is 0 Å². The first-order valence-electron chi connectivity index (χ1n) is 8.43. The van der Waals surface area contributed by atoms with E-state index in [1.54, 1.807) is 19.1 Å². The van der Waals surface area contributed by atoms with Gasteiger partial charge < -0.3 is 15.7 Å². The first-order valence-corrected chi connectivity index (χ1v) is 8.43. The van der Waals surface area contributed by atoms with Gasteiger partial charge >= 0.3 is 5.97 Å². The second-order valence-corrected chi connectivity index (χ2v) is 6.40. The summed E-state index contributed by atoms with van der Waals surface area (Å²) < 4.78 is 13.4. The molecule has 2 rings (SSSR count). The van der Waals surface area contributed by atoms with Crippen LogP contribution in [0.5, 0.6) is 0 Å². The Kier molecular flexibility index (Phi) is 6.50. The quantitative estimate of drug-likeness (QED) is 0.683. The molecule has 0 bridgehead atoms. The fourth-order valence-electron chi connectivity index (χ4n) is 2.94. The summed E-state index contributed by atoms with van der Waals surface area (Å²) in [5.41, 5.74) is 0.711. The Hall–Kier alpha value is -2.44. The van der Waals surface area contributed by atoms with Crippen LogP contribution in [0.25, 0.3) is 0 Å². The predicted octanol–water partition coefficient (Wildman–Crippen LogP) is 1.87. The van der Waals surface area contributed by atoms with Crippen molar-refractivity contribution in [3.05, 3.63) is 35.1 Å². The summed E-state index contributed by atoms with van der Waals surface area (Å²) >= 11 is 0. The lowest BCUT2D eigenvalue weighted by Crippen LogP contribution is -2.39. The number of carbonyl (C=O) groups is 3. The number of carboxylic acids is 1. The third-order valence-electron chi connectivity index (χ3n) is 4.59. The number of carboxylic acid groups (broad SMARTS) is 1. The van der Waals surface area contributed by atoms with Crippen LogP contribution in [-0.4, -0.2) is 36.0 Å². The Labute approximate surface area is 145 Å². The average molecular weight is 350 g/mol. The van der Waals surface area contributed by atoms with Crippen LogP contribution in [0.4, 0.5) is 4.39 Å². The number of hydrogen-bond donors (Lipinski definition) is 3. The topological polar surface area (TPSA) is 95.5 Å². The second-order valence-electron chi connectivity index (χ2n) is 6.40. The molecule has 0 atom stereocenters. The monoisotopic (exact) mass is 350 g/mol. The third-order valence-corrected chi connectivity index (χ3v) is 4.59. The third kappa shape index (κ3) is 5.27. The molecule has 0 aliphatic heterocycles. The van der Waals surface area contributed by atoms with Crippen molar-refractivity contribution in [2.24, 2.45) is 11.8 Å². The number of aliphatic carboxylic acids is 1. The van der Waals surface area contributed by atoms with E-state index in [0.717, 1.165) is 0 Å². The molecule has 3 N–H and O–H groups in total. The average Bonchev–Trinajstić information content (AvgIpc) is 2.60. The minimum Gasteiger partial charge on any atom is -0.481 e. The molecule has 136 valence electrons. The summed E-state index contributed by atoms with van der Waals surface area (Å²) in [6, 6.07) is 4.27. The van der Waals surface area contributed by atoms with Gasteiger partial charge in [0.05, 0.1) is 5.92 Å². The smallest absolute Gasteiger partial charge is 0.306 e. The summed E-state index contributed by atoms with van der Waals surface area (Å²) in [5.74, 6) is -2.25. The standard InChI is InChI=1S/C18H23FN2O4/c1-11-2-3-14(10-15(11)19)17(23)21-9-8-20-16(22)12-4-6-13(7-5-12)18(24)25/h2-3,10,12-13H,4-9H2,1H3,(H,20,22)(H,21,23)(H,24,25). The number of amides is 2. The highest BCUT2D eigenvalue weighted by atomic mass is 19.1. The van der Waals surface area contributed by atoms with E-state index in [-0.39, 0.29) is 36.4 Å². The van der Waals surface area contributed by atoms with Crippen molar-refractivity contribution in [3.8, 4) is 0 Å². The van der Waals surface area contributed by atoms with Gasteiger partial charge in [-0.15, -0.1) is 0 Å². The van der Waals surface area contributed by atoms with Crippen LogP contribution in [0.15, 0.2) is 18.2 Å². The van der Waals surface area contributed by atoms with Crippen LogP contribution < -0.4 is 10.6 Å². The van der Waals surface area contributed by atoms with Gasteiger partial charge in [-0.3, -0.25) is 14.4 Å². The predicted molar refractivity (Wildman–Crippen MR) is 89.6 cm³/mol. The molecule has 0 saturated heterocycles. The zero-order valence-electron chi connectivity index (χ0n) is 14.2. The molecular formula is C18H23FN2O4. The molecule has 0 spiro atoms. The lowest BCUT2D eigenvalue weighted by atomic mass is 9.81. The molecule has 0 radical (unpaired) electrons. The second kappa shape index (κ2) is 8.60. The van der Waals surface area contributed by atoms with Crippen LogP contribution >= 0.6 is 0 Å². The molecule has 1 saturated carbocycles. The van der Waals surface area contributed by atoms with Crippen LogP contribution in [0.1, 0.15) is 41.6 Å². The molecule has 1 aromatic rings. The largest absolute Gasteiger partial charge is 0.481 e. The van der Waals surface area contributed by atoms with Crippen molar-refractivity contribution in [1.29, 1.82) is 0 Å². The van der Waals surface area contributed by atoms with Gasteiger partial charge in [-0.1, -0.05) is 6.07 Å². The summed E-state index contributed by atoms with van der Waals surface area (Å²) in [6.45, 7) is 2.14. The zero-order valence-corrected chi connectivity index (χ0v) is 14.2. The normalized spacial score (nSPS) is 19.9. The van der Waals surface area contributed by atoms with Crippen LogP contribution in [0.3, 0.4) is 0 Å². The summed E-state index contributed by atoms with van der Waals surface area (Å²) in [4.78, 5) is 34.9. The number of aryl methyl sites for hydroxylation is 1. The van der Waals surface area contributed by atoms with E-state index in [0.29, 0.717) is 31.2 Å². The number of nitrogens with one attached hydrogen (secondary N) is 2. The lowest BCUT2D eigenvalue weighted by Gasteiger charge is -2.25. The van der Waals surface area contributed by atoms with Crippen molar-refractivity contribution < 1.29 is 23.9 Å². The number of hydrogen-bond acceptors (Lipinski definition) is 3. The minimum atomic E-state index is -0.797. The van der Waals surface area contributed by atoms with Crippen molar-refractivity contribution in [3.63, 3.8) is 0 Å². The van der Waals surface area contributed by atoms with Gasteiger partial charge in [-0.2, -0.15) is 0 Å². The molecule has 0 heterocycles. The Morgan fingerprint density at radius 2 is 1.68 bits per heavy atom. The minimum absolute atomic E-state index is 0.112. The number of carbonyl (C=O) groups excluding carboxylic acids is 2. The summed E-state index contributed by atoms with van der Waals surface area (Å²) in [7, 11) is 0. The first-order chi connectivity index (χ1) is 11.9. The van der Waals surface area contributed by atoms with E-state index in [2.05, 4.69) is 10.6 Å². The molecule has 1 fully saturated rings. The summed E-state index contributed by atoms with van der Waals surface area (Å²) in [6.07, 6.45) is 2.17. The molecule has 1 aliphatic carbocycles. The van der Waals surface area contributed by atoms with Crippen molar-refractivity contribution >= 4 is 17.8 Å². The zero-order chi connectivity index (χ0) is 18.4. The highest BCUT2D eigenvalue weighted by Gasteiger charge is 2.29. The van der Waals surface area contributed by atoms with Crippen LogP contribution in [0, 0.1) is 24.6 Å². The summed E-state index contributed by atoms with van der Waals surface area (Å²) in [5, 5.41) is 14.3. The highest BCUT2D eigenvalue weighted by molar-refractivity contribution is 5.94. The molecule has 7 heteroatoms.